The van der Waals surface area contributed by atoms with Crippen molar-refractivity contribution in [3.63, 3.8) is 0 Å². The Morgan fingerprint density at radius 1 is 1.38 bits per heavy atom. The molecule has 3 rings (SSSR count). The highest BCUT2D eigenvalue weighted by molar-refractivity contribution is 6.32. The van der Waals surface area contributed by atoms with Crippen molar-refractivity contribution in [1.82, 2.24) is 5.32 Å². The Labute approximate surface area is 129 Å². The number of hydrogen-bond donors (Lipinski definition) is 1. The van der Waals surface area contributed by atoms with Gasteiger partial charge in [-0.1, -0.05) is 11.6 Å². The number of hydrogen-bond acceptors (Lipinski definition) is 3. The molecule has 1 unspecified atom stereocenters. The van der Waals surface area contributed by atoms with Crippen molar-refractivity contribution in [2.45, 2.75) is 25.8 Å². The monoisotopic (exact) mass is 307 g/mol. The van der Waals surface area contributed by atoms with E-state index in [1.54, 1.807) is 12.1 Å². The summed E-state index contributed by atoms with van der Waals surface area (Å²) in [5.74, 6) is 1.76. The molecule has 4 nitrogen and oxygen atoms in total. The SMILES string of the molecule is CC(NC(=O)/C=C/c1cc(Cl)c2c(c1)OCCO2)C1CC1. The number of rotatable bonds is 4. The first-order chi connectivity index (χ1) is 10.1. The molecule has 1 aromatic rings. The van der Waals surface area contributed by atoms with Crippen molar-refractivity contribution in [3.05, 3.63) is 28.8 Å². The van der Waals surface area contributed by atoms with E-state index in [0.717, 1.165) is 5.56 Å². The lowest BCUT2D eigenvalue weighted by Gasteiger charge is -2.19. The van der Waals surface area contributed by atoms with Gasteiger partial charge in [0.15, 0.2) is 11.5 Å². The maximum absolute atomic E-state index is 11.8. The second-order valence-corrected chi connectivity index (χ2v) is 5.90. The van der Waals surface area contributed by atoms with Gasteiger partial charge in [-0.15, -0.1) is 0 Å². The van der Waals surface area contributed by atoms with Gasteiger partial charge in [0.25, 0.3) is 0 Å². The third-order valence-electron chi connectivity index (χ3n) is 3.75. The zero-order valence-corrected chi connectivity index (χ0v) is 12.7. The van der Waals surface area contributed by atoms with Crippen molar-refractivity contribution >= 4 is 23.6 Å². The van der Waals surface area contributed by atoms with Crippen molar-refractivity contribution in [1.29, 1.82) is 0 Å². The fourth-order valence-electron chi connectivity index (χ4n) is 2.39. The lowest BCUT2D eigenvalue weighted by atomic mass is 10.1. The molecule has 0 radical (unpaired) electrons. The average Bonchev–Trinajstić information content (AvgIpc) is 3.30. The Hall–Kier alpha value is -1.68. The lowest BCUT2D eigenvalue weighted by molar-refractivity contribution is -0.117. The van der Waals surface area contributed by atoms with Gasteiger partial charge in [-0.25, -0.2) is 0 Å². The molecule has 112 valence electrons. The third kappa shape index (κ3) is 3.50. The minimum absolute atomic E-state index is 0.0830. The van der Waals surface area contributed by atoms with Gasteiger partial charge in [0, 0.05) is 12.1 Å². The van der Waals surface area contributed by atoms with E-state index >= 15 is 0 Å². The standard InChI is InChI=1S/C16H18ClNO3/c1-10(12-3-4-12)18-15(19)5-2-11-8-13(17)16-14(9-11)20-6-7-21-16/h2,5,8-10,12H,3-4,6-7H2,1H3,(H,18,19)/b5-2+. The number of carbonyl (C=O) groups excluding carboxylic acids is 1. The summed E-state index contributed by atoms with van der Waals surface area (Å²) >= 11 is 6.16. The number of carbonyl (C=O) groups is 1. The molecular formula is C16H18ClNO3. The third-order valence-corrected chi connectivity index (χ3v) is 4.03. The molecule has 1 saturated carbocycles. The van der Waals surface area contributed by atoms with Crippen LogP contribution in [-0.4, -0.2) is 25.2 Å². The summed E-state index contributed by atoms with van der Waals surface area (Å²) in [5, 5.41) is 3.47. The summed E-state index contributed by atoms with van der Waals surface area (Å²) in [4.78, 5) is 11.8. The van der Waals surface area contributed by atoms with Gasteiger partial charge in [-0.3, -0.25) is 4.79 Å². The highest BCUT2D eigenvalue weighted by atomic mass is 35.5. The van der Waals surface area contributed by atoms with Crippen molar-refractivity contribution in [3.8, 4) is 11.5 Å². The van der Waals surface area contributed by atoms with E-state index in [1.165, 1.54) is 18.9 Å². The van der Waals surface area contributed by atoms with Gasteiger partial charge in [-0.05, 0) is 49.5 Å². The second-order valence-electron chi connectivity index (χ2n) is 5.49. The van der Waals surface area contributed by atoms with Crippen molar-refractivity contribution in [2.24, 2.45) is 5.92 Å². The van der Waals surface area contributed by atoms with Crippen LogP contribution in [0.5, 0.6) is 11.5 Å². The number of nitrogens with one attached hydrogen (secondary N) is 1. The van der Waals surface area contributed by atoms with E-state index in [-0.39, 0.29) is 11.9 Å². The number of benzene rings is 1. The summed E-state index contributed by atoms with van der Waals surface area (Å²) in [7, 11) is 0. The van der Waals surface area contributed by atoms with Crippen LogP contribution in [0.4, 0.5) is 0 Å². The van der Waals surface area contributed by atoms with Crippen molar-refractivity contribution < 1.29 is 14.3 Å². The highest BCUT2D eigenvalue weighted by Gasteiger charge is 2.28. The molecule has 5 heteroatoms. The topological polar surface area (TPSA) is 47.6 Å². The van der Waals surface area contributed by atoms with E-state index in [9.17, 15) is 4.79 Å². The molecule has 0 aromatic heterocycles. The Morgan fingerprint density at radius 2 is 2.14 bits per heavy atom. The van der Waals surface area contributed by atoms with Crippen LogP contribution in [0.3, 0.4) is 0 Å². The largest absolute Gasteiger partial charge is 0.486 e. The molecule has 1 N–H and O–H groups in total. The Balaban J connectivity index is 1.67. The molecule has 1 aliphatic heterocycles. The minimum atomic E-state index is -0.0830. The molecular weight excluding hydrogens is 290 g/mol. The van der Waals surface area contributed by atoms with E-state index in [1.807, 2.05) is 13.0 Å². The molecule has 1 heterocycles. The van der Waals surface area contributed by atoms with Gasteiger partial charge in [-0.2, -0.15) is 0 Å². The summed E-state index contributed by atoms with van der Waals surface area (Å²) in [6.45, 7) is 3.06. The number of amides is 1. The highest BCUT2D eigenvalue weighted by Crippen LogP contribution is 2.38. The molecule has 0 spiro atoms. The summed E-state index contributed by atoms with van der Waals surface area (Å²) in [6.07, 6.45) is 5.69. The van der Waals surface area contributed by atoms with Gasteiger partial charge in [0.2, 0.25) is 5.91 Å². The van der Waals surface area contributed by atoms with Gasteiger partial charge in [0.1, 0.15) is 13.2 Å². The Bertz CT molecular complexity index is 581. The molecule has 21 heavy (non-hydrogen) atoms. The molecule has 0 bridgehead atoms. The van der Waals surface area contributed by atoms with Crippen LogP contribution in [-0.2, 0) is 4.79 Å². The molecule has 2 aliphatic rings. The fraction of sp³-hybridized carbons (Fsp3) is 0.438. The normalized spacial score (nSPS) is 18.6. The van der Waals surface area contributed by atoms with Crippen LogP contribution < -0.4 is 14.8 Å². The smallest absolute Gasteiger partial charge is 0.244 e. The predicted octanol–water partition coefficient (Wildman–Crippen LogP) is 3.04. The Kier molecular flexibility index (Phi) is 4.06. The first-order valence-electron chi connectivity index (χ1n) is 7.21. The minimum Gasteiger partial charge on any atom is -0.486 e. The fourth-order valence-corrected chi connectivity index (χ4v) is 2.66. The summed E-state index contributed by atoms with van der Waals surface area (Å²) < 4.78 is 11.0. The average molecular weight is 308 g/mol. The molecule has 0 saturated heterocycles. The van der Waals surface area contributed by atoms with Crippen LogP contribution in [0.25, 0.3) is 6.08 Å². The second kappa shape index (κ2) is 5.98. The maximum atomic E-state index is 11.8. The van der Waals surface area contributed by atoms with E-state index in [4.69, 9.17) is 21.1 Å². The van der Waals surface area contributed by atoms with E-state index in [0.29, 0.717) is 35.7 Å². The summed E-state index contributed by atoms with van der Waals surface area (Å²) in [5.41, 5.74) is 0.818. The lowest BCUT2D eigenvalue weighted by Crippen LogP contribution is -2.32. The number of halogens is 1. The van der Waals surface area contributed by atoms with Crippen LogP contribution in [0, 0.1) is 5.92 Å². The van der Waals surface area contributed by atoms with E-state index in [2.05, 4.69) is 5.32 Å². The molecule has 1 aromatic carbocycles. The van der Waals surface area contributed by atoms with Crippen molar-refractivity contribution in [2.75, 3.05) is 13.2 Å². The van der Waals surface area contributed by atoms with Crippen LogP contribution >= 0.6 is 11.6 Å². The number of ether oxygens (including phenoxy) is 2. The molecule has 1 atom stereocenters. The molecule has 1 amide bonds. The number of fused-ring (bicyclic) bond motifs is 1. The summed E-state index contributed by atoms with van der Waals surface area (Å²) in [6, 6.07) is 3.84. The quantitative estimate of drug-likeness (QED) is 0.870. The predicted molar refractivity (Wildman–Crippen MR) is 81.8 cm³/mol. The first kappa shape index (κ1) is 14.3. The Morgan fingerprint density at radius 3 is 2.90 bits per heavy atom. The maximum Gasteiger partial charge on any atom is 0.244 e. The van der Waals surface area contributed by atoms with Gasteiger partial charge < -0.3 is 14.8 Å². The molecule has 1 fully saturated rings. The first-order valence-corrected chi connectivity index (χ1v) is 7.59. The zero-order chi connectivity index (χ0) is 14.8. The van der Waals surface area contributed by atoms with Gasteiger partial charge in [0.05, 0.1) is 5.02 Å². The van der Waals surface area contributed by atoms with Crippen LogP contribution in [0.15, 0.2) is 18.2 Å². The van der Waals surface area contributed by atoms with E-state index < -0.39 is 0 Å². The van der Waals surface area contributed by atoms with Crippen LogP contribution in [0.1, 0.15) is 25.3 Å². The van der Waals surface area contributed by atoms with Crippen LogP contribution in [0.2, 0.25) is 5.02 Å². The zero-order valence-electron chi connectivity index (χ0n) is 11.9. The molecule has 1 aliphatic carbocycles. The van der Waals surface area contributed by atoms with Gasteiger partial charge >= 0.3 is 0 Å².